The number of pyridine rings is 1. The summed E-state index contributed by atoms with van der Waals surface area (Å²) < 4.78 is 0. The van der Waals surface area contributed by atoms with Gasteiger partial charge in [0.2, 0.25) is 0 Å². The maximum atomic E-state index is 11.0. The fourth-order valence-electron chi connectivity index (χ4n) is 1.05. The van der Waals surface area contributed by atoms with Crippen LogP contribution < -0.4 is 11.1 Å². The molecule has 0 aromatic carbocycles. The molecular formula is C8H10N4O3. The summed E-state index contributed by atoms with van der Waals surface area (Å²) >= 11 is 0. The third-order valence-corrected chi connectivity index (χ3v) is 1.69. The fourth-order valence-corrected chi connectivity index (χ4v) is 1.05. The summed E-state index contributed by atoms with van der Waals surface area (Å²) in [5.74, 6) is -0.488. The molecule has 0 atom stereocenters. The van der Waals surface area contributed by atoms with Crippen LogP contribution in [-0.4, -0.2) is 22.4 Å². The van der Waals surface area contributed by atoms with E-state index >= 15 is 0 Å². The number of aromatic nitrogens is 1. The van der Waals surface area contributed by atoms with E-state index in [4.69, 9.17) is 5.73 Å². The lowest BCUT2D eigenvalue weighted by Crippen LogP contribution is -2.15. The van der Waals surface area contributed by atoms with Gasteiger partial charge in [0, 0.05) is 12.6 Å². The molecule has 0 spiro atoms. The minimum atomic E-state index is -0.748. The van der Waals surface area contributed by atoms with Crippen molar-refractivity contribution in [1.29, 1.82) is 0 Å². The van der Waals surface area contributed by atoms with Crippen molar-refractivity contribution in [3.05, 3.63) is 27.9 Å². The Morgan fingerprint density at radius 2 is 2.40 bits per heavy atom. The lowest BCUT2D eigenvalue weighted by Gasteiger charge is -2.05. The molecule has 1 heterocycles. The zero-order chi connectivity index (χ0) is 11.4. The van der Waals surface area contributed by atoms with Crippen LogP contribution in [0.1, 0.15) is 17.3 Å². The third-order valence-electron chi connectivity index (χ3n) is 1.69. The molecule has 0 saturated carbocycles. The Bertz CT molecular complexity index is 405. The van der Waals surface area contributed by atoms with E-state index < -0.39 is 10.8 Å². The van der Waals surface area contributed by atoms with Gasteiger partial charge in [0.1, 0.15) is 12.0 Å². The van der Waals surface area contributed by atoms with Gasteiger partial charge in [-0.3, -0.25) is 14.9 Å². The number of carbonyl (C=O) groups excluding carboxylic acids is 1. The van der Waals surface area contributed by atoms with Gasteiger partial charge in [0.15, 0.2) is 0 Å². The predicted molar refractivity (Wildman–Crippen MR) is 53.6 cm³/mol. The van der Waals surface area contributed by atoms with Gasteiger partial charge in [-0.15, -0.1) is 0 Å². The summed E-state index contributed by atoms with van der Waals surface area (Å²) in [6.45, 7) is 2.36. The summed E-state index contributed by atoms with van der Waals surface area (Å²) in [5.41, 5.74) is 4.83. The molecule has 3 N–H and O–H groups in total. The SMILES string of the molecule is CCNc1ncc([N+](=O)[O-])cc1C(N)=O. The van der Waals surface area contributed by atoms with Crippen LogP contribution in [0.4, 0.5) is 11.5 Å². The van der Waals surface area contributed by atoms with E-state index in [1.54, 1.807) is 0 Å². The van der Waals surface area contributed by atoms with E-state index in [9.17, 15) is 14.9 Å². The Labute approximate surface area is 85.5 Å². The van der Waals surface area contributed by atoms with Crippen LogP contribution in [0, 0.1) is 10.1 Å². The summed E-state index contributed by atoms with van der Waals surface area (Å²) in [6.07, 6.45) is 1.07. The van der Waals surface area contributed by atoms with Gasteiger partial charge in [-0.05, 0) is 6.92 Å². The van der Waals surface area contributed by atoms with E-state index in [1.807, 2.05) is 6.92 Å². The molecule has 0 radical (unpaired) electrons. The molecule has 1 rings (SSSR count). The third kappa shape index (κ3) is 2.39. The molecule has 0 aliphatic rings. The van der Waals surface area contributed by atoms with E-state index in [1.165, 1.54) is 0 Å². The van der Waals surface area contributed by atoms with Crippen molar-refractivity contribution in [3.8, 4) is 0 Å². The van der Waals surface area contributed by atoms with Gasteiger partial charge >= 0.3 is 0 Å². The van der Waals surface area contributed by atoms with Crippen molar-refractivity contribution in [2.45, 2.75) is 6.92 Å². The number of nitrogens with zero attached hydrogens (tertiary/aromatic N) is 2. The van der Waals surface area contributed by atoms with E-state index in [2.05, 4.69) is 10.3 Å². The second-order valence-corrected chi connectivity index (χ2v) is 2.74. The number of nitrogens with one attached hydrogen (secondary N) is 1. The molecule has 7 nitrogen and oxygen atoms in total. The Balaban J connectivity index is 3.20. The molecule has 0 bridgehead atoms. The number of nitrogens with two attached hydrogens (primary N) is 1. The molecule has 80 valence electrons. The van der Waals surface area contributed by atoms with Crippen LogP contribution in [-0.2, 0) is 0 Å². The number of hydrogen-bond donors (Lipinski definition) is 2. The van der Waals surface area contributed by atoms with Crippen LogP contribution in [0.2, 0.25) is 0 Å². The van der Waals surface area contributed by atoms with Crippen LogP contribution in [0.3, 0.4) is 0 Å². The quantitative estimate of drug-likeness (QED) is 0.555. The normalized spacial score (nSPS) is 9.67. The Morgan fingerprint density at radius 1 is 1.73 bits per heavy atom. The average molecular weight is 210 g/mol. The summed E-state index contributed by atoms with van der Waals surface area (Å²) in [4.78, 5) is 24.6. The topological polar surface area (TPSA) is 111 Å². The number of carbonyl (C=O) groups is 1. The van der Waals surface area contributed by atoms with E-state index in [-0.39, 0.29) is 17.1 Å². The zero-order valence-electron chi connectivity index (χ0n) is 8.06. The van der Waals surface area contributed by atoms with Crippen molar-refractivity contribution in [2.24, 2.45) is 5.73 Å². The van der Waals surface area contributed by atoms with Crippen molar-refractivity contribution < 1.29 is 9.72 Å². The first-order valence-electron chi connectivity index (χ1n) is 4.24. The first-order valence-corrected chi connectivity index (χ1v) is 4.24. The first kappa shape index (κ1) is 10.9. The molecule has 0 saturated heterocycles. The second kappa shape index (κ2) is 4.36. The van der Waals surface area contributed by atoms with Crippen molar-refractivity contribution >= 4 is 17.4 Å². The number of rotatable bonds is 4. The molecule has 15 heavy (non-hydrogen) atoms. The summed E-state index contributed by atoms with van der Waals surface area (Å²) in [5, 5.41) is 13.2. The monoisotopic (exact) mass is 210 g/mol. The van der Waals surface area contributed by atoms with Crippen LogP contribution in [0.5, 0.6) is 0 Å². The van der Waals surface area contributed by atoms with Gasteiger partial charge in [-0.25, -0.2) is 4.98 Å². The molecular weight excluding hydrogens is 200 g/mol. The highest BCUT2D eigenvalue weighted by molar-refractivity contribution is 5.98. The predicted octanol–water partition coefficient (Wildman–Crippen LogP) is 0.520. The Hall–Kier alpha value is -2.18. The van der Waals surface area contributed by atoms with E-state index in [0.717, 1.165) is 12.3 Å². The molecule has 1 amide bonds. The molecule has 7 heteroatoms. The standard InChI is InChI=1S/C8H10N4O3/c1-2-10-8-6(7(9)13)3-5(4-11-8)12(14)15/h3-4H,2H2,1H3,(H2,9,13)(H,10,11). The Morgan fingerprint density at radius 3 is 2.87 bits per heavy atom. The first-order chi connectivity index (χ1) is 7.06. The van der Waals surface area contributed by atoms with Crippen LogP contribution in [0.25, 0.3) is 0 Å². The highest BCUT2D eigenvalue weighted by atomic mass is 16.6. The number of nitro groups is 1. The lowest BCUT2D eigenvalue weighted by atomic mass is 10.2. The minimum Gasteiger partial charge on any atom is -0.370 e. The number of primary amides is 1. The van der Waals surface area contributed by atoms with Crippen LogP contribution >= 0.6 is 0 Å². The van der Waals surface area contributed by atoms with Crippen molar-refractivity contribution in [3.63, 3.8) is 0 Å². The second-order valence-electron chi connectivity index (χ2n) is 2.74. The molecule has 1 aromatic heterocycles. The molecule has 1 aromatic rings. The molecule has 0 fully saturated rings. The van der Waals surface area contributed by atoms with Gasteiger partial charge < -0.3 is 11.1 Å². The minimum absolute atomic E-state index is 0.0195. The molecule has 0 aliphatic carbocycles. The Kier molecular flexibility index (Phi) is 3.17. The van der Waals surface area contributed by atoms with Gasteiger partial charge in [-0.2, -0.15) is 0 Å². The lowest BCUT2D eigenvalue weighted by molar-refractivity contribution is -0.385. The number of hydrogen-bond acceptors (Lipinski definition) is 5. The number of anilines is 1. The van der Waals surface area contributed by atoms with E-state index in [0.29, 0.717) is 6.54 Å². The zero-order valence-corrected chi connectivity index (χ0v) is 8.06. The summed E-state index contributed by atoms with van der Waals surface area (Å²) in [7, 11) is 0. The summed E-state index contributed by atoms with van der Waals surface area (Å²) in [6, 6.07) is 1.10. The maximum absolute atomic E-state index is 11.0. The largest absolute Gasteiger partial charge is 0.370 e. The van der Waals surface area contributed by atoms with Crippen LogP contribution in [0.15, 0.2) is 12.3 Å². The molecule has 0 unspecified atom stereocenters. The van der Waals surface area contributed by atoms with Gasteiger partial charge in [0.25, 0.3) is 11.6 Å². The van der Waals surface area contributed by atoms with Crippen molar-refractivity contribution in [2.75, 3.05) is 11.9 Å². The average Bonchev–Trinajstić information content (AvgIpc) is 2.18. The highest BCUT2D eigenvalue weighted by Gasteiger charge is 2.15. The van der Waals surface area contributed by atoms with Crippen molar-refractivity contribution in [1.82, 2.24) is 4.98 Å². The fraction of sp³-hybridized carbons (Fsp3) is 0.250. The smallest absolute Gasteiger partial charge is 0.288 e. The van der Waals surface area contributed by atoms with Gasteiger partial charge in [-0.1, -0.05) is 0 Å². The number of amides is 1. The maximum Gasteiger partial charge on any atom is 0.288 e. The molecule has 0 aliphatic heterocycles. The highest BCUT2D eigenvalue weighted by Crippen LogP contribution is 2.18. The van der Waals surface area contributed by atoms with Gasteiger partial charge in [0.05, 0.1) is 10.5 Å².